The van der Waals surface area contributed by atoms with E-state index >= 15 is 0 Å². The zero-order valence-corrected chi connectivity index (χ0v) is 13.2. The van der Waals surface area contributed by atoms with Crippen molar-refractivity contribution in [3.8, 4) is 0 Å². The Morgan fingerprint density at radius 1 is 1.40 bits per heavy atom. The number of hydrogen-bond donors (Lipinski definition) is 1. The van der Waals surface area contributed by atoms with Crippen LogP contribution in [0.15, 0.2) is 10.4 Å². The largest absolute Gasteiger partial charge is 0.298 e. The van der Waals surface area contributed by atoms with Gasteiger partial charge in [0.25, 0.3) is 15.0 Å². The van der Waals surface area contributed by atoms with Crippen LogP contribution in [0.2, 0.25) is 0 Å². The lowest BCUT2D eigenvalue weighted by molar-refractivity contribution is 0.102. The van der Waals surface area contributed by atoms with Gasteiger partial charge in [0.15, 0.2) is 9.34 Å². The third-order valence-corrected chi connectivity index (χ3v) is 5.71. The molecule has 2 heterocycles. The van der Waals surface area contributed by atoms with Crippen LogP contribution in [0.5, 0.6) is 0 Å². The van der Waals surface area contributed by atoms with E-state index in [1.165, 1.54) is 11.6 Å². The molecule has 1 amide bonds. The molecule has 0 radical (unpaired) electrons. The fourth-order valence-corrected chi connectivity index (χ4v) is 4.00. The van der Waals surface area contributed by atoms with E-state index < -0.39 is 15.0 Å². The molecule has 0 aliphatic rings. The Kier molecular flexibility index (Phi) is 3.85. The van der Waals surface area contributed by atoms with Gasteiger partial charge >= 0.3 is 0 Å². The highest BCUT2D eigenvalue weighted by Gasteiger charge is 2.21. The first-order chi connectivity index (χ1) is 9.18. The first kappa shape index (κ1) is 14.9. The van der Waals surface area contributed by atoms with Crippen LogP contribution in [0.25, 0.3) is 0 Å². The minimum absolute atomic E-state index is 0.0719. The van der Waals surface area contributed by atoms with Crippen LogP contribution in [0, 0.1) is 13.8 Å². The van der Waals surface area contributed by atoms with Crippen LogP contribution in [0.1, 0.15) is 21.7 Å². The molecule has 0 aliphatic carbocycles. The maximum Gasteiger partial charge on any atom is 0.272 e. The number of carbonyl (C=O) groups excluding carboxylic acids is 1. The molecule has 0 spiro atoms. The van der Waals surface area contributed by atoms with Crippen molar-refractivity contribution in [3.05, 3.63) is 23.1 Å². The van der Waals surface area contributed by atoms with Crippen molar-refractivity contribution in [2.24, 2.45) is 7.05 Å². The second-order valence-electron chi connectivity index (χ2n) is 4.09. The molecule has 0 unspecified atom stereocenters. The summed E-state index contributed by atoms with van der Waals surface area (Å²) in [5.41, 5.74) is 1.22. The van der Waals surface area contributed by atoms with Gasteiger partial charge in [-0.05, 0) is 13.8 Å². The maximum atomic E-state index is 12.0. The number of carbonyl (C=O) groups is 1. The van der Waals surface area contributed by atoms with Crippen molar-refractivity contribution in [1.29, 1.82) is 0 Å². The van der Waals surface area contributed by atoms with Crippen molar-refractivity contribution in [1.82, 2.24) is 14.8 Å². The molecule has 2 aromatic heterocycles. The van der Waals surface area contributed by atoms with Gasteiger partial charge in [-0.1, -0.05) is 11.3 Å². The molecule has 2 aromatic rings. The summed E-state index contributed by atoms with van der Waals surface area (Å²) in [7, 11) is 3.12. The minimum atomic E-state index is -3.86. The third kappa shape index (κ3) is 3.00. The molecular formula is C10H11ClN4O3S2. The quantitative estimate of drug-likeness (QED) is 0.862. The Hall–Kier alpha value is -1.45. The van der Waals surface area contributed by atoms with Gasteiger partial charge in [0.1, 0.15) is 0 Å². The van der Waals surface area contributed by atoms with Crippen LogP contribution in [0.4, 0.5) is 5.13 Å². The van der Waals surface area contributed by atoms with E-state index in [2.05, 4.69) is 15.4 Å². The van der Waals surface area contributed by atoms with Crippen molar-refractivity contribution in [3.63, 3.8) is 0 Å². The number of hydrogen-bond acceptors (Lipinski definition) is 6. The van der Waals surface area contributed by atoms with Gasteiger partial charge in [-0.15, -0.1) is 0 Å². The number of aromatic nitrogens is 3. The van der Waals surface area contributed by atoms with Crippen LogP contribution in [-0.4, -0.2) is 29.1 Å². The van der Waals surface area contributed by atoms with Gasteiger partial charge in [-0.2, -0.15) is 5.10 Å². The molecule has 0 saturated carbocycles. The summed E-state index contributed by atoms with van der Waals surface area (Å²) in [6, 6.07) is 0. The average Bonchev–Trinajstić information content (AvgIpc) is 2.81. The number of halogens is 1. The zero-order chi connectivity index (χ0) is 15.1. The van der Waals surface area contributed by atoms with Crippen molar-refractivity contribution in [2.75, 3.05) is 5.32 Å². The minimum Gasteiger partial charge on any atom is -0.298 e. The summed E-state index contributed by atoms with van der Waals surface area (Å²) in [6.07, 6.45) is 1.57. The fourth-order valence-electron chi connectivity index (χ4n) is 1.65. The van der Waals surface area contributed by atoms with Crippen LogP contribution >= 0.6 is 22.0 Å². The third-order valence-electron chi connectivity index (χ3n) is 2.45. The predicted molar refractivity (Wildman–Crippen MR) is 75.8 cm³/mol. The van der Waals surface area contributed by atoms with Gasteiger partial charge in [-0.3, -0.25) is 14.8 Å². The van der Waals surface area contributed by atoms with E-state index in [1.807, 2.05) is 0 Å². The molecular weight excluding hydrogens is 324 g/mol. The fraction of sp³-hybridized carbons (Fsp3) is 0.300. The lowest BCUT2D eigenvalue weighted by Gasteiger charge is -1.98. The Balaban J connectivity index is 2.27. The SMILES string of the molecule is Cc1nn(C)cc1C(=O)Nc1nc(C)c(S(=O)(=O)Cl)s1. The summed E-state index contributed by atoms with van der Waals surface area (Å²) in [6.45, 7) is 3.22. The molecule has 10 heteroatoms. The van der Waals surface area contributed by atoms with Gasteiger partial charge in [0.05, 0.1) is 17.0 Å². The number of nitrogens with one attached hydrogen (secondary N) is 1. The van der Waals surface area contributed by atoms with E-state index in [0.29, 0.717) is 11.3 Å². The Bertz CT molecular complexity index is 779. The number of thiazole rings is 1. The number of anilines is 1. The number of nitrogens with zero attached hydrogens (tertiary/aromatic N) is 3. The van der Waals surface area contributed by atoms with Crippen LogP contribution in [-0.2, 0) is 16.1 Å². The predicted octanol–water partition coefficient (Wildman–Crippen LogP) is 1.67. The summed E-state index contributed by atoms with van der Waals surface area (Å²) >= 11 is 0.812. The molecule has 0 bridgehead atoms. The normalized spacial score (nSPS) is 11.6. The summed E-state index contributed by atoms with van der Waals surface area (Å²) in [5.74, 6) is -0.400. The topological polar surface area (TPSA) is 93.9 Å². The van der Waals surface area contributed by atoms with Gasteiger partial charge in [0.2, 0.25) is 0 Å². The molecule has 0 aliphatic heterocycles. The molecule has 2 rings (SSSR count). The van der Waals surface area contributed by atoms with Crippen molar-refractivity contribution in [2.45, 2.75) is 18.1 Å². The molecule has 20 heavy (non-hydrogen) atoms. The van der Waals surface area contributed by atoms with Crippen molar-refractivity contribution >= 4 is 42.1 Å². The highest BCUT2D eigenvalue weighted by atomic mass is 35.7. The van der Waals surface area contributed by atoms with Gasteiger partial charge in [-0.25, -0.2) is 13.4 Å². The molecule has 0 saturated heterocycles. The monoisotopic (exact) mass is 334 g/mol. The van der Waals surface area contributed by atoms with E-state index in [4.69, 9.17) is 10.7 Å². The molecule has 0 atom stereocenters. The second-order valence-corrected chi connectivity index (χ2v) is 7.85. The van der Waals surface area contributed by atoms with Gasteiger partial charge < -0.3 is 0 Å². The highest BCUT2D eigenvalue weighted by Crippen LogP contribution is 2.29. The zero-order valence-electron chi connectivity index (χ0n) is 10.8. The summed E-state index contributed by atoms with van der Waals surface area (Å²) in [5, 5.41) is 6.77. The Morgan fingerprint density at radius 3 is 2.50 bits per heavy atom. The molecule has 1 N–H and O–H groups in total. The lowest BCUT2D eigenvalue weighted by atomic mass is 10.2. The smallest absolute Gasteiger partial charge is 0.272 e. The van der Waals surface area contributed by atoms with E-state index in [9.17, 15) is 13.2 Å². The standard InChI is InChI=1S/C10H11ClN4O3S2/c1-5-7(4-15(3)14-5)8(16)13-10-12-6(2)9(19-10)20(11,17)18/h4H,1-3H3,(H,12,13,16). The highest BCUT2D eigenvalue weighted by molar-refractivity contribution is 8.15. The molecule has 0 aromatic carbocycles. The molecule has 108 valence electrons. The number of amides is 1. The van der Waals surface area contributed by atoms with E-state index in [-0.39, 0.29) is 15.0 Å². The van der Waals surface area contributed by atoms with Crippen LogP contribution < -0.4 is 5.32 Å². The number of rotatable bonds is 3. The first-order valence-electron chi connectivity index (χ1n) is 5.42. The van der Waals surface area contributed by atoms with E-state index in [0.717, 1.165) is 11.3 Å². The average molecular weight is 335 g/mol. The Labute approximate surface area is 124 Å². The van der Waals surface area contributed by atoms with Crippen LogP contribution in [0.3, 0.4) is 0 Å². The molecule has 0 fully saturated rings. The summed E-state index contributed by atoms with van der Waals surface area (Å²) < 4.78 is 24.0. The van der Waals surface area contributed by atoms with E-state index in [1.54, 1.807) is 20.2 Å². The lowest BCUT2D eigenvalue weighted by Crippen LogP contribution is -2.12. The first-order valence-corrected chi connectivity index (χ1v) is 8.54. The number of aryl methyl sites for hydroxylation is 3. The second kappa shape index (κ2) is 5.15. The van der Waals surface area contributed by atoms with Crippen molar-refractivity contribution < 1.29 is 13.2 Å². The maximum absolute atomic E-state index is 12.0. The van der Waals surface area contributed by atoms with Gasteiger partial charge in [0, 0.05) is 23.9 Å². The Morgan fingerprint density at radius 2 is 2.05 bits per heavy atom. The summed E-state index contributed by atoms with van der Waals surface area (Å²) in [4.78, 5) is 16.0. The molecule has 7 nitrogen and oxygen atoms in total.